The lowest BCUT2D eigenvalue weighted by Crippen LogP contribution is -2.05. The fourth-order valence-corrected chi connectivity index (χ4v) is 2.40. The molecule has 0 aliphatic rings. The summed E-state index contributed by atoms with van der Waals surface area (Å²) in [6.07, 6.45) is 0.998. The Balaban J connectivity index is 2.20. The number of carboxylic acids is 1. The lowest BCUT2D eigenvalue weighted by molar-refractivity contribution is -0.137. The van der Waals surface area contributed by atoms with Crippen LogP contribution in [0.2, 0.25) is 0 Å². The van der Waals surface area contributed by atoms with Gasteiger partial charge in [0.15, 0.2) is 17.4 Å². The maximum atomic E-state index is 14.3. The minimum Gasteiger partial charge on any atom is -0.488 e. The molecule has 0 amide bonds. The van der Waals surface area contributed by atoms with Gasteiger partial charge in [-0.05, 0) is 36.6 Å². The van der Waals surface area contributed by atoms with Crippen molar-refractivity contribution in [3.05, 3.63) is 48.0 Å². The number of anilines is 1. The van der Waals surface area contributed by atoms with Crippen LogP contribution in [0.3, 0.4) is 0 Å². The molecule has 2 rings (SSSR count). The molecule has 0 aliphatic carbocycles. The van der Waals surface area contributed by atoms with Crippen LogP contribution in [0.5, 0.6) is 5.75 Å². The van der Waals surface area contributed by atoms with E-state index < -0.39 is 23.4 Å². The highest BCUT2D eigenvalue weighted by atomic mass is 19.1. The van der Waals surface area contributed by atoms with E-state index in [0.717, 1.165) is 18.7 Å². The number of carboxylic acid groups (broad SMARTS) is 1. The summed E-state index contributed by atoms with van der Waals surface area (Å²) in [5, 5.41) is 11.8. The fraction of sp³-hybridized carbons (Fsp3) is 0.316. The Labute approximate surface area is 145 Å². The van der Waals surface area contributed by atoms with Gasteiger partial charge in [-0.25, -0.2) is 8.78 Å². The third kappa shape index (κ3) is 5.17. The Morgan fingerprint density at radius 2 is 1.88 bits per heavy atom. The van der Waals surface area contributed by atoms with Crippen molar-refractivity contribution in [2.45, 2.75) is 26.2 Å². The largest absolute Gasteiger partial charge is 0.488 e. The third-order valence-corrected chi connectivity index (χ3v) is 3.58. The topological polar surface area (TPSA) is 58.6 Å². The zero-order valence-electron chi connectivity index (χ0n) is 14.0. The lowest BCUT2D eigenvalue weighted by atomic mass is 10.0. The molecule has 0 aliphatic heterocycles. The first-order chi connectivity index (χ1) is 12.0. The van der Waals surface area contributed by atoms with Crippen LogP contribution in [0.1, 0.15) is 26.2 Å². The Morgan fingerprint density at radius 1 is 1.20 bits per heavy atom. The van der Waals surface area contributed by atoms with Crippen molar-refractivity contribution in [1.82, 2.24) is 0 Å². The number of hydrogen-bond donors (Lipinski definition) is 2. The van der Waals surface area contributed by atoms with Crippen LogP contribution in [0.4, 0.5) is 14.5 Å². The third-order valence-electron chi connectivity index (χ3n) is 3.58. The van der Waals surface area contributed by atoms with Crippen LogP contribution in [0.25, 0.3) is 11.1 Å². The number of halogens is 2. The number of benzene rings is 2. The van der Waals surface area contributed by atoms with Crippen LogP contribution >= 0.6 is 0 Å². The first kappa shape index (κ1) is 18.7. The molecule has 0 atom stereocenters. The molecule has 6 heteroatoms. The normalized spacial score (nSPS) is 10.5. The van der Waals surface area contributed by atoms with Crippen molar-refractivity contribution in [2.24, 2.45) is 0 Å². The average Bonchev–Trinajstić information content (AvgIpc) is 2.58. The molecule has 25 heavy (non-hydrogen) atoms. The standard InChI is InChI=1S/C19H21F2NO3/c1-2-9-22-17-7-4-3-6-14(17)13-11-15(20)19(16(21)12-13)25-10-5-8-18(23)24/h3-4,6-7,11-12,22H,2,5,8-10H2,1H3,(H,23,24). The lowest BCUT2D eigenvalue weighted by Gasteiger charge is -2.14. The monoisotopic (exact) mass is 349 g/mol. The second kappa shape index (κ2) is 9.01. The predicted molar refractivity (Wildman–Crippen MR) is 92.9 cm³/mol. The molecule has 0 saturated heterocycles. The zero-order valence-corrected chi connectivity index (χ0v) is 14.0. The molecular weight excluding hydrogens is 328 g/mol. The van der Waals surface area contributed by atoms with Gasteiger partial charge >= 0.3 is 5.97 Å². The smallest absolute Gasteiger partial charge is 0.303 e. The molecule has 0 saturated carbocycles. The molecular formula is C19H21F2NO3. The van der Waals surface area contributed by atoms with Crippen molar-refractivity contribution in [1.29, 1.82) is 0 Å². The number of ether oxygens (including phenoxy) is 1. The Morgan fingerprint density at radius 3 is 2.52 bits per heavy atom. The summed E-state index contributed by atoms with van der Waals surface area (Å²) in [6.45, 7) is 2.73. The molecule has 4 nitrogen and oxygen atoms in total. The predicted octanol–water partition coefficient (Wildman–Crippen LogP) is 4.70. The van der Waals surface area contributed by atoms with Crippen LogP contribution in [0, 0.1) is 11.6 Å². The maximum absolute atomic E-state index is 14.3. The highest BCUT2D eigenvalue weighted by molar-refractivity contribution is 5.78. The summed E-state index contributed by atoms with van der Waals surface area (Å²) in [5.41, 5.74) is 1.91. The van der Waals surface area contributed by atoms with Gasteiger partial charge in [0.05, 0.1) is 6.61 Å². The summed E-state index contributed by atoms with van der Waals surface area (Å²) >= 11 is 0. The van der Waals surface area contributed by atoms with Crippen molar-refractivity contribution in [3.8, 4) is 16.9 Å². The fourth-order valence-electron chi connectivity index (χ4n) is 2.40. The second-order valence-corrected chi connectivity index (χ2v) is 5.59. The van der Waals surface area contributed by atoms with Gasteiger partial charge in [-0.3, -0.25) is 4.79 Å². The molecule has 0 radical (unpaired) electrons. The van der Waals surface area contributed by atoms with Crippen molar-refractivity contribution in [3.63, 3.8) is 0 Å². The molecule has 2 N–H and O–H groups in total. The quantitative estimate of drug-likeness (QED) is 0.645. The Bertz CT molecular complexity index is 711. The summed E-state index contributed by atoms with van der Waals surface area (Å²) in [4.78, 5) is 10.4. The number of rotatable bonds is 9. The molecule has 0 heterocycles. The van der Waals surface area contributed by atoms with Gasteiger partial charge in [0.1, 0.15) is 0 Å². The number of para-hydroxylation sites is 1. The summed E-state index contributed by atoms with van der Waals surface area (Å²) in [5.74, 6) is -3.07. The number of carbonyl (C=O) groups is 1. The molecule has 0 aromatic heterocycles. The summed E-state index contributed by atoms with van der Waals surface area (Å²) in [7, 11) is 0. The Kier molecular flexibility index (Phi) is 6.74. The molecule has 0 spiro atoms. The minimum absolute atomic E-state index is 0.0614. The first-order valence-electron chi connectivity index (χ1n) is 8.19. The van der Waals surface area contributed by atoms with E-state index in [-0.39, 0.29) is 19.4 Å². The van der Waals surface area contributed by atoms with E-state index in [4.69, 9.17) is 9.84 Å². The van der Waals surface area contributed by atoms with Gasteiger partial charge in [-0.1, -0.05) is 25.1 Å². The van der Waals surface area contributed by atoms with E-state index in [1.165, 1.54) is 12.1 Å². The van der Waals surface area contributed by atoms with E-state index in [1.807, 2.05) is 19.1 Å². The molecule has 2 aromatic rings. The molecule has 0 bridgehead atoms. The minimum atomic E-state index is -0.976. The van der Waals surface area contributed by atoms with E-state index >= 15 is 0 Å². The number of nitrogens with one attached hydrogen (secondary N) is 1. The highest BCUT2D eigenvalue weighted by Gasteiger charge is 2.15. The van der Waals surface area contributed by atoms with Gasteiger partial charge in [0.25, 0.3) is 0 Å². The van der Waals surface area contributed by atoms with Gasteiger partial charge in [0.2, 0.25) is 0 Å². The molecule has 0 fully saturated rings. The van der Waals surface area contributed by atoms with Crippen molar-refractivity contribution in [2.75, 3.05) is 18.5 Å². The van der Waals surface area contributed by atoms with Crippen LogP contribution in [0.15, 0.2) is 36.4 Å². The Hall–Kier alpha value is -2.63. The van der Waals surface area contributed by atoms with E-state index in [9.17, 15) is 13.6 Å². The van der Waals surface area contributed by atoms with E-state index in [0.29, 0.717) is 11.1 Å². The number of aliphatic carboxylic acids is 1. The number of hydrogen-bond acceptors (Lipinski definition) is 3. The first-order valence-corrected chi connectivity index (χ1v) is 8.19. The van der Waals surface area contributed by atoms with Gasteiger partial charge in [-0.2, -0.15) is 0 Å². The summed E-state index contributed by atoms with van der Waals surface area (Å²) < 4.78 is 33.6. The van der Waals surface area contributed by atoms with Gasteiger partial charge < -0.3 is 15.2 Å². The van der Waals surface area contributed by atoms with Crippen LogP contribution < -0.4 is 10.1 Å². The van der Waals surface area contributed by atoms with Crippen LogP contribution in [-0.4, -0.2) is 24.2 Å². The van der Waals surface area contributed by atoms with Crippen molar-refractivity contribution >= 4 is 11.7 Å². The maximum Gasteiger partial charge on any atom is 0.303 e. The van der Waals surface area contributed by atoms with Crippen LogP contribution in [-0.2, 0) is 4.79 Å². The molecule has 0 unspecified atom stereocenters. The van der Waals surface area contributed by atoms with E-state index in [1.54, 1.807) is 12.1 Å². The van der Waals surface area contributed by atoms with Crippen molar-refractivity contribution < 1.29 is 23.4 Å². The SMILES string of the molecule is CCCNc1ccccc1-c1cc(F)c(OCCCC(=O)O)c(F)c1. The van der Waals surface area contributed by atoms with Gasteiger partial charge in [0, 0.05) is 24.2 Å². The average molecular weight is 349 g/mol. The molecule has 134 valence electrons. The molecule has 2 aromatic carbocycles. The van der Waals surface area contributed by atoms with E-state index in [2.05, 4.69) is 5.32 Å². The summed E-state index contributed by atoms with van der Waals surface area (Å²) in [6, 6.07) is 9.76. The van der Waals surface area contributed by atoms with Gasteiger partial charge in [-0.15, -0.1) is 0 Å². The second-order valence-electron chi connectivity index (χ2n) is 5.59. The highest BCUT2D eigenvalue weighted by Crippen LogP contribution is 2.33. The zero-order chi connectivity index (χ0) is 18.2.